The minimum absolute atomic E-state index is 0.109. The number of aryl methyl sites for hydroxylation is 1. The molecule has 26 heavy (non-hydrogen) atoms. The Bertz CT molecular complexity index is 789. The average molecular weight is 356 g/mol. The van der Waals surface area contributed by atoms with E-state index in [0.29, 0.717) is 6.61 Å². The number of esters is 1. The van der Waals surface area contributed by atoms with Crippen LogP contribution in [0.5, 0.6) is 5.75 Å². The molecule has 2 aromatic rings. The van der Waals surface area contributed by atoms with E-state index in [1.165, 1.54) is 6.07 Å². The molecule has 0 bridgehead atoms. The fourth-order valence-corrected chi connectivity index (χ4v) is 2.52. The van der Waals surface area contributed by atoms with E-state index in [-0.39, 0.29) is 29.9 Å². The Kier molecular flexibility index (Phi) is 6.72. The van der Waals surface area contributed by atoms with Gasteiger partial charge in [-0.05, 0) is 45.9 Å². The number of nitrogens with zero attached hydrogens (tertiary/aromatic N) is 1. The molecule has 0 radical (unpaired) electrons. The smallest absolute Gasteiger partial charge is 0.356 e. The number of hydrogen-bond acceptors (Lipinski definition) is 5. The number of hydrogen-bond donors (Lipinski definition) is 1. The third-order valence-corrected chi connectivity index (χ3v) is 3.75. The largest absolute Gasteiger partial charge is 0.494 e. The lowest BCUT2D eigenvalue weighted by Gasteiger charge is -2.18. The molecular weight excluding hydrogens is 332 g/mol. The van der Waals surface area contributed by atoms with Gasteiger partial charge in [-0.2, -0.15) is 0 Å². The number of ether oxygens (including phenoxy) is 2. The standard InChI is InChI=1S/C20H24N2O4/c1-5-25-18-11-10-13(3)12-15(18)14(4)21-19(23)16-8-7-9-17(22-16)20(24)26-6-2/h7-12,14H,5-6H2,1-4H3,(H,21,23). The summed E-state index contributed by atoms with van der Waals surface area (Å²) in [5, 5.41) is 2.90. The van der Waals surface area contributed by atoms with Crippen molar-refractivity contribution in [3.05, 3.63) is 58.9 Å². The summed E-state index contributed by atoms with van der Waals surface area (Å²) < 4.78 is 10.6. The van der Waals surface area contributed by atoms with E-state index in [4.69, 9.17) is 9.47 Å². The zero-order valence-corrected chi connectivity index (χ0v) is 15.5. The second kappa shape index (κ2) is 8.99. The van der Waals surface area contributed by atoms with Crippen molar-refractivity contribution in [2.75, 3.05) is 13.2 Å². The summed E-state index contributed by atoms with van der Waals surface area (Å²) in [4.78, 5) is 28.4. The van der Waals surface area contributed by atoms with Crippen molar-refractivity contribution in [3.63, 3.8) is 0 Å². The third-order valence-electron chi connectivity index (χ3n) is 3.75. The number of rotatable bonds is 7. The Morgan fingerprint density at radius 3 is 2.54 bits per heavy atom. The van der Waals surface area contributed by atoms with Crippen LogP contribution < -0.4 is 10.1 Å². The van der Waals surface area contributed by atoms with Crippen molar-refractivity contribution in [1.29, 1.82) is 0 Å². The van der Waals surface area contributed by atoms with Gasteiger partial charge in [0.2, 0.25) is 0 Å². The van der Waals surface area contributed by atoms with Crippen molar-refractivity contribution in [3.8, 4) is 5.75 Å². The number of carbonyl (C=O) groups excluding carboxylic acids is 2. The summed E-state index contributed by atoms with van der Waals surface area (Å²) in [6, 6.07) is 10.3. The average Bonchev–Trinajstić information content (AvgIpc) is 2.63. The number of benzene rings is 1. The minimum Gasteiger partial charge on any atom is -0.494 e. The summed E-state index contributed by atoms with van der Waals surface area (Å²) in [6.45, 7) is 8.29. The van der Waals surface area contributed by atoms with E-state index < -0.39 is 5.97 Å². The molecule has 6 heteroatoms. The topological polar surface area (TPSA) is 77.5 Å². The van der Waals surface area contributed by atoms with Gasteiger partial charge >= 0.3 is 5.97 Å². The van der Waals surface area contributed by atoms with Gasteiger partial charge in [-0.1, -0.05) is 23.8 Å². The number of carbonyl (C=O) groups is 2. The molecular formula is C20H24N2O4. The van der Waals surface area contributed by atoms with Crippen LogP contribution in [0.15, 0.2) is 36.4 Å². The predicted octanol–water partition coefficient (Wildman–Crippen LogP) is 3.46. The van der Waals surface area contributed by atoms with Crippen LogP contribution >= 0.6 is 0 Å². The molecule has 2 rings (SSSR count). The van der Waals surface area contributed by atoms with Gasteiger partial charge in [0.15, 0.2) is 0 Å². The molecule has 0 saturated carbocycles. The molecule has 0 aliphatic rings. The zero-order chi connectivity index (χ0) is 19.1. The number of aromatic nitrogens is 1. The zero-order valence-electron chi connectivity index (χ0n) is 15.5. The van der Waals surface area contributed by atoms with Gasteiger partial charge in [0.25, 0.3) is 5.91 Å². The van der Waals surface area contributed by atoms with E-state index in [9.17, 15) is 9.59 Å². The molecule has 1 unspecified atom stereocenters. The van der Waals surface area contributed by atoms with E-state index in [2.05, 4.69) is 10.3 Å². The van der Waals surface area contributed by atoms with Crippen LogP contribution in [0, 0.1) is 6.92 Å². The lowest BCUT2D eigenvalue weighted by Crippen LogP contribution is -2.28. The first-order chi connectivity index (χ1) is 12.5. The summed E-state index contributed by atoms with van der Waals surface area (Å²) in [6.07, 6.45) is 0. The van der Waals surface area contributed by atoms with Gasteiger partial charge in [-0.25, -0.2) is 9.78 Å². The Balaban J connectivity index is 2.18. The molecule has 1 atom stereocenters. The molecule has 0 spiro atoms. The van der Waals surface area contributed by atoms with Crippen LogP contribution in [-0.2, 0) is 4.74 Å². The first-order valence-corrected chi connectivity index (χ1v) is 8.64. The van der Waals surface area contributed by atoms with Crippen molar-refractivity contribution in [1.82, 2.24) is 10.3 Å². The molecule has 0 saturated heterocycles. The SMILES string of the molecule is CCOC(=O)c1cccc(C(=O)NC(C)c2cc(C)ccc2OCC)n1. The molecule has 0 aliphatic carbocycles. The van der Waals surface area contributed by atoms with Crippen LogP contribution in [0.3, 0.4) is 0 Å². The predicted molar refractivity (Wildman–Crippen MR) is 98.4 cm³/mol. The van der Waals surface area contributed by atoms with E-state index in [1.54, 1.807) is 19.1 Å². The fourth-order valence-electron chi connectivity index (χ4n) is 2.52. The first kappa shape index (κ1) is 19.4. The van der Waals surface area contributed by atoms with Crippen molar-refractivity contribution in [2.24, 2.45) is 0 Å². The van der Waals surface area contributed by atoms with Crippen LogP contribution in [0.25, 0.3) is 0 Å². The van der Waals surface area contributed by atoms with Gasteiger partial charge in [-0.15, -0.1) is 0 Å². The Morgan fingerprint density at radius 1 is 1.12 bits per heavy atom. The molecule has 1 amide bonds. The summed E-state index contributed by atoms with van der Waals surface area (Å²) in [5.41, 5.74) is 2.24. The highest BCUT2D eigenvalue weighted by atomic mass is 16.5. The Morgan fingerprint density at radius 2 is 1.85 bits per heavy atom. The molecule has 6 nitrogen and oxygen atoms in total. The molecule has 1 heterocycles. The quantitative estimate of drug-likeness (QED) is 0.769. The summed E-state index contributed by atoms with van der Waals surface area (Å²) in [7, 11) is 0. The molecule has 1 aromatic carbocycles. The van der Waals surface area contributed by atoms with Crippen LogP contribution in [0.4, 0.5) is 0 Å². The van der Waals surface area contributed by atoms with Crippen LogP contribution in [-0.4, -0.2) is 30.1 Å². The molecule has 0 aliphatic heterocycles. The Labute approximate surface area is 153 Å². The molecule has 1 N–H and O–H groups in total. The lowest BCUT2D eigenvalue weighted by atomic mass is 10.0. The maximum Gasteiger partial charge on any atom is 0.356 e. The normalized spacial score (nSPS) is 11.5. The maximum absolute atomic E-state index is 12.5. The van der Waals surface area contributed by atoms with Crippen LogP contribution in [0.2, 0.25) is 0 Å². The highest BCUT2D eigenvalue weighted by Gasteiger charge is 2.18. The van der Waals surface area contributed by atoms with Crippen molar-refractivity contribution >= 4 is 11.9 Å². The molecule has 138 valence electrons. The van der Waals surface area contributed by atoms with Gasteiger partial charge in [0.05, 0.1) is 19.3 Å². The van der Waals surface area contributed by atoms with Crippen molar-refractivity contribution in [2.45, 2.75) is 33.7 Å². The highest BCUT2D eigenvalue weighted by molar-refractivity contribution is 5.94. The molecule has 1 aromatic heterocycles. The minimum atomic E-state index is -0.549. The summed E-state index contributed by atoms with van der Waals surface area (Å²) >= 11 is 0. The second-order valence-corrected chi connectivity index (χ2v) is 5.80. The lowest BCUT2D eigenvalue weighted by molar-refractivity contribution is 0.0519. The molecule has 0 fully saturated rings. The Hall–Kier alpha value is -2.89. The van der Waals surface area contributed by atoms with Crippen LogP contribution in [0.1, 0.15) is 58.9 Å². The van der Waals surface area contributed by atoms with E-state index in [1.807, 2.05) is 39.0 Å². The highest BCUT2D eigenvalue weighted by Crippen LogP contribution is 2.26. The number of amides is 1. The number of nitrogens with one attached hydrogen (secondary N) is 1. The fraction of sp³-hybridized carbons (Fsp3) is 0.350. The summed E-state index contributed by atoms with van der Waals surface area (Å²) in [5.74, 6) is -0.181. The second-order valence-electron chi connectivity index (χ2n) is 5.80. The van der Waals surface area contributed by atoms with E-state index in [0.717, 1.165) is 16.9 Å². The monoisotopic (exact) mass is 356 g/mol. The van der Waals surface area contributed by atoms with Crippen molar-refractivity contribution < 1.29 is 19.1 Å². The van der Waals surface area contributed by atoms with Gasteiger partial charge in [0, 0.05) is 5.56 Å². The van der Waals surface area contributed by atoms with Gasteiger partial charge in [0.1, 0.15) is 17.1 Å². The third kappa shape index (κ3) is 4.81. The van der Waals surface area contributed by atoms with E-state index >= 15 is 0 Å². The first-order valence-electron chi connectivity index (χ1n) is 8.64. The number of pyridine rings is 1. The van der Waals surface area contributed by atoms with Gasteiger partial charge < -0.3 is 14.8 Å². The maximum atomic E-state index is 12.5. The van der Waals surface area contributed by atoms with Gasteiger partial charge in [-0.3, -0.25) is 4.79 Å².